The number of cyclic esters (lactones) is 3. The third-order valence-corrected chi connectivity index (χ3v) is 9.09. The van der Waals surface area contributed by atoms with Crippen LogP contribution in [0.25, 0.3) is 0 Å². The van der Waals surface area contributed by atoms with Crippen molar-refractivity contribution >= 4 is 60.1 Å². The molecule has 1 unspecified atom stereocenters. The van der Waals surface area contributed by atoms with Gasteiger partial charge in [-0.2, -0.15) is 0 Å². The highest BCUT2D eigenvalue weighted by Crippen LogP contribution is 2.15. The van der Waals surface area contributed by atoms with Crippen molar-refractivity contribution in [2.75, 3.05) is 77.1 Å². The number of hydrogen-bond donors (Lipinski definition) is 3. The number of carbonyl (C=O) groups is 9. The molecule has 28 heteroatoms. The first-order chi connectivity index (χ1) is 30.5. The Hall–Kier alpha value is -7.81. The molecular formula is C38H63N13O15. The van der Waals surface area contributed by atoms with E-state index in [4.69, 9.17) is 9.47 Å². The van der Waals surface area contributed by atoms with Crippen molar-refractivity contribution in [2.24, 2.45) is 38.0 Å². The van der Waals surface area contributed by atoms with Crippen molar-refractivity contribution in [1.82, 2.24) is 59.1 Å². The molecule has 0 saturated carbocycles. The molecule has 0 aliphatic carbocycles. The fourth-order valence-corrected chi connectivity index (χ4v) is 4.31. The van der Waals surface area contributed by atoms with E-state index in [0.29, 0.717) is 18.2 Å². The van der Waals surface area contributed by atoms with Gasteiger partial charge in [-0.15, -0.1) is 0 Å². The zero-order chi connectivity index (χ0) is 52.1. The first-order valence-corrected chi connectivity index (χ1v) is 19.5. The van der Waals surface area contributed by atoms with E-state index in [1.165, 1.54) is 82.3 Å². The first-order valence-electron chi connectivity index (χ1n) is 19.5. The first kappa shape index (κ1) is 60.3. The summed E-state index contributed by atoms with van der Waals surface area (Å²) in [4.78, 5) is 141. The van der Waals surface area contributed by atoms with Crippen LogP contribution in [0.5, 0.6) is 0 Å². The molecule has 3 aliphatic heterocycles. The SMILES string of the molecule is C=C1N(C)C(=O)OC(=NC)N1C.C=C1N(C)C(=O)OC(=O)N1C.CCCCOC(=O)C(C)C(=O)NC.CN1C(=O)N(C)C1=O.CNC(=O)C(C)C(=O)NC.Cn1c(=O)n(C)c(=O)n(C)c1=O. The number of imide groups is 2. The van der Waals surface area contributed by atoms with Crippen LogP contribution >= 0.6 is 0 Å². The molecule has 0 radical (unpaired) electrons. The number of ether oxygens (including phenoxy) is 3. The molecule has 10 amide bonds. The minimum atomic E-state index is -0.707. The molecule has 370 valence electrons. The smallest absolute Gasteiger partial charge is 0.424 e. The molecule has 0 bridgehead atoms. The Bertz CT molecular complexity index is 2040. The number of carbonyl (C=O) groups excluding carboxylic acids is 9. The fraction of sp³-hybridized carbons (Fsp3) is 0.553. The highest BCUT2D eigenvalue weighted by molar-refractivity contribution is 6.11. The topological polar surface area (TPSA) is 315 Å². The molecule has 4 heterocycles. The molecule has 0 aromatic carbocycles. The van der Waals surface area contributed by atoms with E-state index in [-0.39, 0.29) is 35.8 Å². The van der Waals surface area contributed by atoms with E-state index in [0.717, 1.165) is 46.1 Å². The number of nitrogens with zero attached hydrogens (tertiary/aromatic N) is 10. The average molecular weight is 942 g/mol. The molecule has 1 atom stereocenters. The summed E-state index contributed by atoms with van der Waals surface area (Å²) >= 11 is 0. The van der Waals surface area contributed by atoms with Crippen molar-refractivity contribution in [3.05, 3.63) is 56.3 Å². The van der Waals surface area contributed by atoms with Crippen LogP contribution in [-0.2, 0) is 54.5 Å². The highest BCUT2D eigenvalue weighted by atomic mass is 16.6. The van der Waals surface area contributed by atoms with Gasteiger partial charge in [0.1, 0.15) is 23.5 Å². The summed E-state index contributed by atoms with van der Waals surface area (Å²) in [5.41, 5.74) is -1.82. The third kappa shape index (κ3) is 16.7. The number of esters is 1. The summed E-state index contributed by atoms with van der Waals surface area (Å²) in [5.74, 6) is -1.73. The van der Waals surface area contributed by atoms with Crippen LogP contribution in [-0.4, -0.2) is 180 Å². The Labute approximate surface area is 381 Å². The number of rotatable bonds is 7. The van der Waals surface area contributed by atoms with Gasteiger partial charge in [0.2, 0.25) is 17.7 Å². The summed E-state index contributed by atoms with van der Waals surface area (Å²) in [5, 5.41) is 7.16. The summed E-state index contributed by atoms with van der Waals surface area (Å²) in [6, 6.07) is -0.215. The van der Waals surface area contributed by atoms with Crippen LogP contribution < -0.4 is 33.0 Å². The molecule has 3 saturated heterocycles. The lowest BCUT2D eigenvalue weighted by Gasteiger charge is -2.32. The minimum Gasteiger partial charge on any atom is -0.465 e. The van der Waals surface area contributed by atoms with Crippen LogP contribution in [0.2, 0.25) is 0 Å². The lowest BCUT2D eigenvalue weighted by atomic mass is 10.1. The maximum absolute atomic E-state index is 11.1. The molecule has 3 fully saturated rings. The van der Waals surface area contributed by atoms with Gasteiger partial charge in [-0.25, -0.2) is 66.8 Å². The normalized spacial score (nSPS) is 15.0. The number of aliphatic imine (C=N–C) groups is 1. The maximum atomic E-state index is 11.1. The number of urea groups is 2. The van der Waals surface area contributed by atoms with Crippen molar-refractivity contribution in [3.63, 3.8) is 0 Å². The molecule has 28 nitrogen and oxygen atoms in total. The summed E-state index contributed by atoms with van der Waals surface area (Å²) in [6.45, 7) is 12.7. The van der Waals surface area contributed by atoms with E-state index in [9.17, 15) is 57.5 Å². The summed E-state index contributed by atoms with van der Waals surface area (Å²) < 4.78 is 16.6. The van der Waals surface area contributed by atoms with Gasteiger partial charge in [0.15, 0.2) is 0 Å². The van der Waals surface area contributed by atoms with Gasteiger partial charge >= 0.3 is 59.4 Å². The second-order valence-electron chi connectivity index (χ2n) is 13.6. The van der Waals surface area contributed by atoms with Crippen LogP contribution in [0.3, 0.4) is 0 Å². The summed E-state index contributed by atoms with van der Waals surface area (Å²) in [6.07, 6.45) is -0.0386. The van der Waals surface area contributed by atoms with Crippen molar-refractivity contribution in [3.8, 4) is 0 Å². The second kappa shape index (κ2) is 28.1. The Morgan fingerprint density at radius 3 is 1.18 bits per heavy atom. The molecule has 1 aromatic heterocycles. The Morgan fingerprint density at radius 1 is 0.561 bits per heavy atom. The largest absolute Gasteiger partial charge is 0.465 e. The van der Waals surface area contributed by atoms with E-state index < -0.39 is 53.2 Å². The van der Waals surface area contributed by atoms with Crippen molar-refractivity contribution in [2.45, 2.75) is 33.6 Å². The standard InChI is InChI=1S/C9H17NO3.C7H11N3O2.C6H9N3O3.C6H8N2O3.C6H12N2O2.C4H6N2O2/c1-4-5-6-13-9(12)7(2)8(11)10-3;1-5-9(3)6(8-2)12-7(11)10(5)4;1-7-4(10)8(2)6(12)9(3)5(7)11;1-4-7(2)5(9)11-6(10)8(4)3;1-4(5(9)7-2)6(10)8-3;1-5-3(7)6(2)4(5)8/h7H,4-6H2,1-3H3,(H,10,11);1H2,2-4H3;1-3H3;1H2,2-3H3;4H,1-3H3,(H,7,9)(H,8,10);1-2H3. The number of nitrogens with one attached hydrogen (secondary N) is 3. The number of unbranched alkanes of at least 4 members (excludes halogenated alkanes) is 1. The monoisotopic (exact) mass is 941 g/mol. The van der Waals surface area contributed by atoms with Gasteiger partial charge < -0.3 is 30.2 Å². The van der Waals surface area contributed by atoms with Gasteiger partial charge in [0.25, 0.3) is 0 Å². The van der Waals surface area contributed by atoms with Crippen LogP contribution in [0.15, 0.2) is 44.2 Å². The van der Waals surface area contributed by atoms with Gasteiger partial charge in [0, 0.05) is 91.6 Å². The van der Waals surface area contributed by atoms with Crippen LogP contribution in [0.4, 0.5) is 24.0 Å². The lowest BCUT2D eigenvalue weighted by Crippen LogP contribution is -2.59. The van der Waals surface area contributed by atoms with Crippen LogP contribution in [0.1, 0.15) is 33.6 Å². The zero-order valence-corrected chi connectivity index (χ0v) is 40.3. The number of aromatic nitrogens is 3. The predicted octanol–water partition coefficient (Wildman–Crippen LogP) is -1.24. The van der Waals surface area contributed by atoms with Crippen LogP contribution in [0, 0.1) is 11.8 Å². The van der Waals surface area contributed by atoms with Gasteiger partial charge in [-0.05, 0) is 20.3 Å². The quantitative estimate of drug-likeness (QED) is 0.125. The highest BCUT2D eigenvalue weighted by Gasteiger charge is 2.37. The van der Waals surface area contributed by atoms with E-state index >= 15 is 0 Å². The number of amidine groups is 1. The van der Waals surface area contributed by atoms with E-state index in [1.807, 2.05) is 6.92 Å². The molecule has 4 rings (SSSR count). The molecule has 1 aromatic rings. The second-order valence-corrected chi connectivity index (χ2v) is 13.6. The van der Waals surface area contributed by atoms with Gasteiger partial charge in [-0.1, -0.05) is 26.5 Å². The Morgan fingerprint density at radius 2 is 0.879 bits per heavy atom. The third-order valence-electron chi connectivity index (χ3n) is 9.09. The van der Waals surface area contributed by atoms with Gasteiger partial charge in [0.05, 0.1) is 6.61 Å². The Kier molecular flexibility index (Phi) is 25.6. The molecule has 3 aliphatic rings. The zero-order valence-electron chi connectivity index (χ0n) is 40.3. The Balaban J connectivity index is 0. The van der Waals surface area contributed by atoms with E-state index in [1.54, 1.807) is 33.0 Å². The van der Waals surface area contributed by atoms with Crippen molar-refractivity contribution in [1.29, 1.82) is 0 Å². The van der Waals surface area contributed by atoms with Crippen molar-refractivity contribution < 1.29 is 57.4 Å². The lowest BCUT2D eigenvalue weighted by molar-refractivity contribution is -0.151. The van der Waals surface area contributed by atoms with Gasteiger partial charge in [-0.3, -0.25) is 38.8 Å². The molecular weight excluding hydrogens is 878 g/mol. The molecule has 3 N–H and O–H groups in total. The minimum absolute atomic E-state index is 0.241. The summed E-state index contributed by atoms with van der Waals surface area (Å²) in [7, 11) is 19.2. The molecule has 0 spiro atoms. The number of hydrogen-bond acceptors (Lipinski definition) is 16. The molecule has 66 heavy (non-hydrogen) atoms. The number of amides is 10. The average Bonchev–Trinajstić information content (AvgIpc) is 3.32. The maximum Gasteiger partial charge on any atom is 0.424 e. The fourth-order valence-electron chi connectivity index (χ4n) is 4.31. The van der Waals surface area contributed by atoms with E-state index in [2.05, 4.69) is 38.8 Å². The predicted molar refractivity (Wildman–Crippen MR) is 236 cm³/mol.